The summed E-state index contributed by atoms with van der Waals surface area (Å²) in [6.07, 6.45) is 0.834. The normalized spacial score (nSPS) is 12.4. The van der Waals surface area contributed by atoms with Crippen molar-refractivity contribution in [3.63, 3.8) is 0 Å². The molecule has 0 bridgehead atoms. The molecular weight excluding hydrogens is 273 g/mol. The molecule has 0 aliphatic carbocycles. The standard InChI is InChI=1S/C17H19ClFN/c1-11-5-4-6-12(2)15(11)10-17(20-3)14-8-7-13(19)9-16(14)18/h4-9,17,20H,10H2,1-3H3. The monoisotopic (exact) mass is 291 g/mol. The van der Waals surface area contributed by atoms with Gasteiger partial charge in [-0.1, -0.05) is 35.9 Å². The summed E-state index contributed by atoms with van der Waals surface area (Å²) in [5.74, 6) is -0.305. The van der Waals surface area contributed by atoms with E-state index >= 15 is 0 Å². The lowest BCUT2D eigenvalue weighted by Gasteiger charge is -2.20. The molecule has 106 valence electrons. The van der Waals surface area contributed by atoms with Gasteiger partial charge >= 0.3 is 0 Å². The first-order valence-corrected chi connectivity index (χ1v) is 7.08. The second kappa shape index (κ2) is 6.38. The van der Waals surface area contributed by atoms with E-state index in [4.69, 9.17) is 11.6 Å². The van der Waals surface area contributed by atoms with Crippen molar-refractivity contribution in [3.8, 4) is 0 Å². The highest BCUT2D eigenvalue weighted by Gasteiger charge is 2.16. The number of benzene rings is 2. The lowest BCUT2D eigenvalue weighted by atomic mass is 9.93. The van der Waals surface area contributed by atoms with Crippen molar-refractivity contribution in [2.45, 2.75) is 26.3 Å². The zero-order valence-corrected chi connectivity index (χ0v) is 12.8. The van der Waals surface area contributed by atoms with Crippen LogP contribution in [0.5, 0.6) is 0 Å². The van der Waals surface area contributed by atoms with Crippen LogP contribution < -0.4 is 5.32 Å². The number of nitrogens with one attached hydrogen (secondary N) is 1. The van der Waals surface area contributed by atoms with E-state index in [2.05, 4.69) is 37.4 Å². The van der Waals surface area contributed by atoms with E-state index in [0.29, 0.717) is 5.02 Å². The number of hydrogen-bond donors (Lipinski definition) is 1. The highest BCUT2D eigenvalue weighted by atomic mass is 35.5. The molecule has 2 aromatic rings. The van der Waals surface area contributed by atoms with Gasteiger partial charge in [0.1, 0.15) is 5.82 Å². The van der Waals surface area contributed by atoms with Crippen LogP contribution in [0.3, 0.4) is 0 Å². The van der Waals surface area contributed by atoms with Gasteiger partial charge in [0.15, 0.2) is 0 Å². The van der Waals surface area contributed by atoms with Crippen LogP contribution in [0.1, 0.15) is 28.3 Å². The van der Waals surface area contributed by atoms with E-state index in [0.717, 1.165) is 12.0 Å². The van der Waals surface area contributed by atoms with Crippen molar-refractivity contribution < 1.29 is 4.39 Å². The molecule has 3 heteroatoms. The molecule has 0 aromatic heterocycles. The minimum atomic E-state index is -0.305. The predicted molar refractivity (Wildman–Crippen MR) is 82.8 cm³/mol. The number of likely N-dealkylation sites (N-methyl/N-ethyl adjacent to an activating group) is 1. The molecule has 2 aromatic carbocycles. The molecule has 0 heterocycles. The fourth-order valence-electron chi connectivity index (χ4n) is 2.53. The topological polar surface area (TPSA) is 12.0 Å². The Kier molecular flexibility index (Phi) is 4.79. The van der Waals surface area contributed by atoms with Crippen molar-refractivity contribution >= 4 is 11.6 Å². The quantitative estimate of drug-likeness (QED) is 0.868. The number of aryl methyl sites for hydroxylation is 2. The van der Waals surface area contributed by atoms with E-state index in [9.17, 15) is 4.39 Å². The lowest BCUT2D eigenvalue weighted by Crippen LogP contribution is -2.20. The summed E-state index contributed by atoms with van der Waals surface area (Å²) in [6, 6.07) is 10.9. The van der Waals surface area contributed by atoms with E-state index in [1.54, 1.807) is 6.07 Å². The molecule has 0 saturated carbocycles. The Balaban J connectivity index is 2.34. The van der Waals surface area contributed by atoms with Crippen LogP contribution in [0.2, 0.25) is 5.02 Å². The minimum Gasteiger partial charge on any atom is -0.313 e. The van der Waals surface area contributed by atoms with Crippen LogP contribution in [0.25, 0.3) is 0 Å². The fourth-order valence-corrected chi connectivity index (χ4v) is 2.83. The van der Waals surface area contributed by atoms with Crippen LogP contribution in [-0.4, -0.2) is 7.05 Å². The second-order valence-corrected chi connectivity index (χ2v) is 5.49. The molecule has 1 N–H and O–H groups in total. The van der Waals surface area contributed by atoms with Gasteiger partial charge in [0.05, 0.1) is 0 Å². The minimum absolute atomic E-state index is 0.0721. The zero-order chi connectivity index (χ0) is 14.7. The van der Waals surface area contributed by atoms with Crippen LogP contribution in [0.4, 0.5) is 4.39 Å². The Labute approximate surface area is 124 Å². The summed E-state index contributed by atoms with van der Waals surface area (Å²) in [7, 11) is 1.90. The summed E-state index contributed by atoms with van der Waals surface area (Å²) >= 11 is 6.17. The highest BCUT2D eigenvalue weighted by Crippen LogP contribution is 2.28. The Bertz CT molecular complexity index is 590. The van der Waals surface area contributed by atoms with Gasteiger partial charge < -0.3 is 5.32 Å². The Morgan fingerprint density at radius 2 is 1.80 bits per heavy atom. The fraction of sp³-hybridized carbons (Fsp3) is 0.294. The summed E-state index contributed by atoms with van der Waals surface area (Å²) in [4.78, 5) is 0. The van der Waals surface area contributed by atoms with Crippen molar-refractivity contribution in [1.82, 2.24) is 5.32 Å². The number of rotatable bonds is 4. The van der Waals surface area contributed by atoms with Crippen LogP contribution in [0.15, 0.2) is 36.4 Å². The molecule has 0 saturated heterocycles. The molecule has 1 atom stereocenters. The molecule has 0 radical (unpaired) electrons. The summed E-state index contributed by atoms with van der Waals surface area (Å²) in [6.45, 7) is 4.22. The molecule has 1 nitrogen and oxygen atoms in total. The first-order chi connectivity index (χ1) is 9.52. The van der Waals surface area contributed by atoms with Gasteiger partial charge in [-0.2, -0.15) is 0 Å². The van der Waals surface area contributed by atoms with Crippen molar-refractivity contribution in [3.05, 3.63) is 69.5 Å². The average molecular weight is 292 g/mol. The van der Waals surface area contributed by atoms with Crippen molar-refractivity contribution in [1.29, 1.82) is 0 Å². The Hall–Kier alpha value is -1.38. The van der Waals surface area contributed by atoms with Crippen LogP contribution in [0, 0.1) is 19.7 Å². The van der Waals surface area contributed by atoms with Gasteiger partial charge in [-0.15, -0.1) is 0 Å². The average Bonchev–Trinajstić information content (AvgIpc) is 2.40. The summed E-state index contributed by atoms with van der Waals surface area (Å²) < 4.78 is 13.2. The molecule has 0 fully saturated rings. The van der Waals surface area contributed by atoms with Gasteiger partial charge in [0.25, 0.3) is 0 Å². The Morgan fingerprint density at radius 1 is 1.15 bits per heavy atom. The maximum absolute atomic E-state index is 13.2. The maximum atomic E-state index is 13.2. The van der Waals surface area contributed by atoms with Crippen LogP contribution in [-0.2, 0) is 6.42 Å². The lowest BCUT2D eigenvalue weighted by molar-refractivity contribution is 0.583. The van der Waals surface area contributed by atoms with E-state index in [-0.39, 0.29) is 11.9 Å². The molecular formula is C17H19ClFN. The third-order valence-electron chi connectivity index (χ3n) is 3.74. The smallest absolute Gasteiger partial charge is 0.124 e. The third kappa shape index (κ3) is 3.20. The first-order valence-electron chi connectivity index (χ1n) is 6.70. The molecule has 0 aliphatic rings. The van der Waals surface area contributed by atoms with Gasteiger partial charge in [-0.25, -0.2) is 4.39 Å². The predicted octanol–water partition coefficient (Wildman–Crippen LogP) is 4.60. The van der Waals surface area contributed by atoms with Gasteiger partial charge in [-0.05, 0) is 61.7 Å². The van der Waals surface area contributed by atoms with Crippen molar-refractivity contribution in [2.75, 3.05) is 7.05 Å². The van der Waals surface area contributed by atoms with Gasteiger partial charge in [0.2, 0.25) is 0 Å². The number of hydrogen-bond acceptors (Lipinski definition) is 1. The first kappa shape index (κ1) is 15.0. The number of halogens is 2. The van der Waals surface area contributed by atoms with Gasteiger partial charge in [0, 0.05) is 11.1 Å². The Morgan fingerprint density at radius 3 is 2.35 bits per heavy atom. The molecule has 20 heavy (non-hydrogen) atoms. The molecule has 0 amide bonds. The van der Waals surface area contributed by atoms with Gasteiger partial charge in [-0.3, -0.25) is 0 Å². The van der Waals surface area contributed by atoms with E-state index in [1.807, 2.05) is 7.05 Å². The second-order valence-electron chi connectivity index (χ2n) is 5.08. The van der Waals surface area contributed by atoms with E-state index < -0.39 is 0 Å². The molecule has 0 spiro atoms. The summed E-state index contributed by atoms with van der Waals surface area (Å²) in [5, 5.41) is 3.74. The highest BCUT2D eigenvalue weighted by molar-refractivity contribution is 6.31. The molecule has 0 aliphatic heterocycles. The van der Waals surface area contributed by atoms with Crippen molar-refractivity contribution in [2.24, 2.45) is 0 Å². The molecule has 1 unspecified atom stereocenters. The summed E-state index contributed by atoms with van der Waals surface area (Å²) in [5.41, 5.74) is 4.78. The zero-order valence-electron chi connectivity index (χ0n) is 12.0. The van der Waals surface area contributed by atoms with E-state index in [1.165, 1.54) is 28.8 Å². The molecule has 2 rings (SSSR count). The third-order valence-corrected chi connectivity index (χ3v) is 4.07. The largest absolute Gasteiger partial charge is 0.313 e. The van der Waals surface area contributed by atoms with Crippen LogP contribution >= 0.6 is 11.6 Å². The maximum Gasteiger partial charge on any atom is 0.124 e. The SMILES string of the molecule is CNC(Cc1c(C)cccc1C)c1ccc(F)cc1Cl.